The number of nitrogens with zero attached hydrogens (tertiary/aromatic N) is 1. The number of esters is 1. The van der Waals surface area contributed by atoms with E-state index in [0.29, 0.717) is 20.7 Å². The van der Waals surface area contributed by atoms with Gasteiger partial charge >= 0.3 is 5.97 Å². The van der Waals surface area contributed by atoms with E-state index in [1.165, 1.54) is 0 Å². The zero-order chi connectivity index (χ0) is 22.5. The Morgan fingerprint density at radius 3 is 2.52 bits per heavy atom. The van der Waals surface area contributed by atoms with Crippen LogP contribution in [-0.4, -0.2) is 41.9 Å². The molecule has 0 saturated carbocycles. The van der Waals surface area contributed by atoms with Gasteiger partial charge in [0.1, 0.15) is 0 Å². The molecular formula is C20H16Br2ClN3O5. The van der Waals surface area contributed by atoms with Gasteiger partial charge in [0.2, 0.25) is 5.91 Å². The number of carbonyl (C=O) groups excluding carboxylic acids is 4. The molecule has 0 bridgehead atoms. The van der Waals surface area contributed by atoms with Gasteiger partial charge in [0.05, 0.1) is 17.5 Å². The molecule has 1 heterocycles. The second-order valence-corrected chi connectivity index (χ2v) is 8.82. The molecule has 8 nitrogen and oxygen atoms in total. The molecule has 3 rings (SSSR count). The number of anilines is 1. The number of benzene rings is 2. The maximum absolute atomic E-state index is 12.3. The van der Waals surface area contributed by atoms with Crippen LogP contribution >= 0.6 is 43.5 Å². The molecule has 162 valence electrons. The van der Waals surface area contributed by atoms with Crippen LogP contribution in [0.4, 0.5) is 5.69 Å². The van der Waals surface area contributed by atoms with Crippen LogP contribution in [-0.2, 0) is 19.1 Å². The fourth-order valence-corrected chi connectivity index (χ4v) is 3.48. The van der Waals surface area contributed by atoms with E-state index >= 15 is 0 Å². The number of rotatable bonds is 6. The molecular weight excluding hydrogens is 557 g/mol. The molecule has 0 aliphatic carbocycles. The van der Waals surface area contributed by atoms with Gasteiger partial charge in [0, 0.05) is 26.6 Å². The summed E-state index contributed by atoms with van der Waals surface area (Å²) < 4.78 is 6.52. The molecule has 1 aliphatic rings. The number of hydrogen-bond donors (Lipinski definition) is 2. The van der Waals surface area contributed by atoms with E-state index in [4.69, 9.17) is 16.3 Å². The molecule has 1 aliphatic heterocycles. The Balaban J connectivity index is 1.48. The molecule has 0 unspecified atom stereocenters. The Labute approximate surface area is 199 Å². The van der Waals surface area contributed by atoms with Crippen molar-refractivity contribution in [2.75, 3.05) is 18.5 Å². The zero-order valence-corrected chi connectivity index (χ0v) is 19.8. The SMILES string of the molecule is O=C(COC(=O)[C@H]1CC(=O)N(NC(=O)c2ccc(Br)cc2)C1)Nc1ccc(Br)c(Cl)c1. The number of nitrogens with one attached hydrogen (secondary N) is 2. The fraction of sp³-hybridized carbons (Fsp3) is 0.200. The van der Waals surface area contributed by atoms with Crippen molar-refractivity contribution in [2.45, 2.75) is 6.42 Å². The third-order valence-electron chi connectivity index (χ3n) is 4.35. The molecule has 0 spiro atoms. The van der Waals surface area contributed by atoms with Crippen molar-refractivity contribution in [3.8, 4) is 0 Å². The van der Waals surface area contributed by atoms with Crippen molar-refractivity contribution in [3.05, 3.63) is 62.0 Å². The first-order valence-electron chi connectivity index (χ1n) is 9.01. The first kappa shape index (κ1) is 23.2. The Morgan fingerprint density at radius 2 is 1.84 bits per heavy atom. The highest BCUT2D eigenvalue weighted by molar-refractivity contribution is 9.10. The second-order valence-electron chi connectivity index (χ2n) is 6.64. The highest BCUT2D eigenvalue weighted by Crippen LogP contribution is 2.25. The average Bonchev–Trinajstić information content (AvgIpc) is 3.10. The van der Waals surface area contributed by atoms with E-state index in [-0.39, 0.29) is 13.0 Å². The van der Waals surface area contributed by atoms with Gasteiger partial charge in [0.15, 0.2) is 6.61 Å². The minimum Gasteiger partial charge on any atom is -0.455 e. The maximum Gasteiger partial charge on any atom is 0.311 e. The van der Waals surface area contributed by atoms with Gasteiger partial charge in [-0.15, -0.1) is 0 Å². The highest BCUT2D eigenvalue weighted by atomic mass is 79.9. The molecule has 2 N–H and O–H groups in total. The zero-order valence-electron chi connectivity index (χ0n) is 15.9. The van der Waals surface area contributed by atoms with Crippen molar-refractivity contribution in [1.82, 2.24) is 10.4 Å². The van der Waals surface area contributed by atoms with Crippen molar-refractivity contribution in [3.63, 3.8) is 0 Å². The van der Waals surface area contributed by atoms with Crippen molar-refractivity contribution < 1.29 is 23.9 Å². The van der Waals surface area contributed by atoms with Gasteiger partial charge in [0.25, 0.3) is 11.8 Å². The Morgan fingerprint density at radius 1 is 1.13 bits per heavy atom. The van der Waals surface area contributed by atoms with Crippen LogP contribution in [0.2, 0.25) is 5.02 Å². The van der Waals surface area contributed by atoms with Crippen LogP contribution in [0.3, 0.4) is 0 Å². The molecule has 1 fully saturated rings. The summed E-state index contributed by atoms with van der Waals surface area (Å²) in [6.07, 6.45) is -0.122. The Bertz CT molecular complexity index is 1030. The van der Waals surface area contributed by atoms with E-state index in [0.717, 1.165) is 9.48 Å². The summed E-state index contributed by atoms with van der Waals surface area (Å²) in [6.45, 7) is -0.549. The smallest absolute Gasteiger partial charge is 0.311 e. The van der Waals surface area contributed by atoms with Crippen LogP contribution < -0.4 is 10.7 Å². The number of halogens is 3. The van der Waals surface area contributed by atoms with Gasteiger partial charge in [-0.05, 0) is 58.4 Å². The van der Waals surface area contributed by atoms with E-state index < -0.39 is 36.2 Å². The van der Waals surface area contributed by atoms with E-state index in [2.05, 4.69) is 42.6 Å². The van der Waals surface area contributed by atoms with Crippen LogP contribution in [0.15, 0.2) is 51.4 Å². The number of hydrazine groups is 1. The predicted octanol–water partition coefficient (Wildman–Crippen LogP) is 3.54. The normalized spacial score (nSPS) is 15.5. The Hall–Kier alpha value is -2.43. The fourth-order valence-electron chi connectivity index (χ4n) is 2.79. The summed E-state index contributed by atoms with van der Waals surface area (Å²) >= 11 is 12.5. The molecule has 1 atom stereocenters. The van der Waals surface area contributed by atoms with Crippen molar-refractivity contribution in [1.29, 1.82) is 0 Å². The first-order chi connectivity index (χ1) is 14.7. The molecule has 31 heavy (non-hydrogen) atoms. The largest absolute Gasteiger partial charge is 0.455 e. The molecule has 2 aromatic carbocycles. The lowest BCUT2D eigenvalue weighted by molar-refractivity contribution is -0.151. The van der Waals surface area contributed by atoms with Gasteiger partial charge in [-0.25, -0.2) is 0 Å². The highest BCUT2D eigenvalue weighted by Gasteiger charge is 2.36. The van der Waals surface area contributed by atoms with E-state index in [1.807, 2.05) is 0 Å². The first-order valence-corrected chi connectivity index (χ1v) is 11.0. The van der Waals surface area contributed by atoms with E-state index in [1.54, 1.807) is 42.5 Å². The molecule has 0 aromatic heterocycles. The summed E-state index contributed by atoms with van der Waals surface area (Å²) in [7, 11) is 0. The van der Waals surface area contributed by atoms with Gasteiger partial charge < -0.3 is 10.1 Å². The second kappa shape index (κ2) is 10.3. The van der Waals surface area contributed by atoms with E-state index in [9.17, 15) is 19.2 Å². The summed E-state index contributed by atoms with van der Waals surface area (Å²) in [6, 6.07) is 11.5. The van der Waals surface area contributed by atoms with Crippen LogP contribution in [0.5, 0.6) is 0 Å². The average molecular weight is 574 g/mol. The summed E-state index contributed by atoms with van der Waals surface area (Å²) in [5, 5.41) is 4.07. The number of carbonyl (C=O) groups is 4. The van der Waals surface area contributed by atoms with Crippen LogP contribution in [0.25, 0.3) is 0 Å². The maximum atomic E-state index is 12.3. The lowest BCUT2D eigenvalue weighted by atomic mass is 10.1. The number of amides is 3. The topological polar surface area (TPSA) is 105 Å². The monoisotopic (exact) mass is 571 g/mol. The predicted molar refractivity (Wildman–Crippen MR) is 120 cm³/mol. The summed E-state index contributed by atoms with van der Waals surface area (Å²) in [5.41, 5.74) is 3.30. The molecule has 2 aromatic rings. The summed E-state index contributed by atoms with van der Waals surface area (Å²) in [5.74, 6) is -2.91. The third-order valence-corrected chi connectivity index (χ3v) is 6.11. The van der Waals surface area contributed by atoms with Gasteiger partial charge in [-0.2, -0.15) is 0 Å². The molecule has 3 amide bonds. The third kappa shape index (κ3) is 6.28. The van der Waals surface area contributed by atoms with Crippen LogP contribution in [0, 0.1) is 5.92 Å². The number of hydrogen-bond acceptors (Lipinski definition) is 5. The van der Waals surface area contributed by atoms with Crippen molar-refractivity contribution >= 4 is 72.8 Å². The number of ether oxygens (including phenoxy) is 1. The minimum atomic E-state index is -0.785. The molecule has 11 heteroatoms. The Kier molecular flexibility index (Phi) is 7.69. The minimum absolute atomic E-state index is 0.0378. The molecule has 0 radical (unpaired) electrons. The van der Waals surface area contributed by atoms with Gasteiger partial charge in [-0.3, -0.25) is 29.6 Å². The molecule has 1 saturated heterocycles. The summed E-state index contributed by atoms with van der Waals surface area (Å²) in [4.78, 5) is 48.7. The standard InChI is InChI=1S/C20H16Br2ClN3O5/c21-13-3-1-11(2-4-13)19(29)25-26-9-12(7-18(26)28)20(30)31-10-17(27)24-14-5-6-15(22)16(23)8-14/h1-6,8,12H,7,9-10H2,(H,24,27)(H,25,29)/t12-/m0/s1. The lowest BCUT2D eigenvalue weighted by Crippen LogP contribution is -2.43. The van der Waals surface area contributed by atoms with Crippen LogP contribution in [0.1, 0.15) is 16.8 Å². The van der Waals surface area contributed by atoms with Crippen molar-refractivity contribution in [2.24, 2.45) is 5.92 Å². The quantitative estimate of drug-likeness (QED) is 0.515. The lowest BCUT2D eigenvalue weighted by Gasteiger charge is -2.17. The van der Waals surface area contributed by atoms with Gasteiger partial charge in [-0.1, -0.05) is 27.5 Å².